The molecule has 8 nitrogen and oxygen atoms in total. The van der Waals surface area contributed by atoms with Crippen molar-refractivity contribution in [3.8, 4) is 0 Å². The molecule has 1 fully saturated rings. The molecule has 0 radical (unpaired) electrons. The van der Waals surface area contributed by atoms with Crippen molar-refractivity contribution in [2.45, 2.75) is 44.7 Å². The zero-order valence-electron chi connectivity index (χ0n) is 13.7. The summed E-state index contributed by atoms with van der Waals surface area (Å²) in [5.74, 6) is 1.17. The van der Waals surface area contributed by atoms with E-state index in [0.717, 1.165) is 41.9 Å². The average molecular weight is 358 g/mol. The molecule has 4 rings (SSSR count). The molecule has 0 aliphatic heterocycles. The van der Waals surface area contributed by atoms with Gasteiger partial charge in [-0.1, -0.05) is 5.18 Å². The van der Waals surface area contributed by atoms with Crippen LogP contribution in [0.4, 0.5) is 16.8 Å². The third-order valence-corrected chi connectivity index (χ3v) is 5.15. The van der Waals surface area contributed by atoms with Crippen molar-refractivity contribution in [2.75, 3.05) is 10.6 Å². The summed E-state index contributed by atoms with van der Waals surface area (Å²) >= 11 is 1.37. The summed E-state index contributed by atoms with van der Waals surface area (Å²) in [6.07, 6.45) is 4.99. The molecule has 0 bridgehead atoms. The number of furan rings is 1. The Hall–Kier alpha value is -2.55. The van der Waals surface area contributed by atoms with Crippen molar-refractivity contribution >= 4 is 39.4 Å². The van der Waals surface area contributed by atoms with Gasteiger partial charge in [-0.25, -0.2) is 4.98 Å². The van der Waals surface area contributed by atoms with Gasteiger partial charge in [-0.2, -0.15) is 14.3 Å². The molecular weight excluding hydrogens is 340 g/mol. The molecule has 0 saturated heterocycles. The molecule has 0 amide bonds. The Balaban J connectivity index is 1.57. The van der Waals surface area contributed by atoms with Gasteiger partial charge < -0.3 is 15.1 Å². The second kappa shape index (κ2) is 6.75. The Morgan fingerprint density at radius 1 is 1.28 bits per heavy atom. The van der Waals surface area contributed by atoms with Gasteiger partial charge in [0.15, 0.2) is 11.4 Å². The molecule has 9 heteroatoms. The Morgan fingerprint density at radius 2 is 2.12 bits per heavy atom. The minimum Gasteiger partial charge on any atom is -0.459 e. The minimum atomic E-state index is -0.0566. The molecule has 3 aromatic heterocycles. The normalized spacial score (nSPS) is 20.5. The Morgan fingerprint density at radius 3 is 2.84 bits per heavy atom. The van der Waals surface area contributed by atoms with E-state index in [0.29, 0.717) is 17.3 Å². The fourth-order valence-corrected chi connectivity index (χ4v) is 3.72. The van der Waals surface area contributed by atoms with Gasteiger partial charge in [0.2, 0.25) is 5.95 Å². The number of aromatic nitrogens is 3. The van der Waals surface area contributed by atoms with Gasteiger partial charge in [0.1, 0.15) is 10.5 Å². The van der Waals surface area contributed by atoms with Gasteiger partial charge in [-0.15, -0.1) is 0 Å². The van der Waals surface area contributed by atoms with Crippen LogP contribution in [-0.2, 0) is 0 Å². The van der Waals surface area contributed by atoms with Gasteiger partial charge in [0.05, 0.1) is 18.0 Å². The van der Waals surface area contributed by atoms with Gasteiger partial charge >= 0.3 is 0 Å². The van der Waals surface area contributed by atoms with E-state index in [1.54, 1.807) is 6.26 Å². The fraction of sp³-hybridized carbons (Fsp3) is 0.438. The van der Waals surface area contributed by atoms with Crippen LogP contribution in [0.1, 0.15) is 31.4 Å². The van der Waals surface area contributed by atoms with Crippen molar-refractivity contribution in [1.29, 1.82) is 0 Å². The van der Waals surface area contributed by atoms with Crippen LogP contribution in [0.25, 0.3) is 11.1 Å². The number of hydrogen-bond acceptors (Lipinski definition) is 9. The van der Waals surface area contributed by atoms with E-state index in [1.165, 1.54) is 11.5 Å². The first-order chi connectivity index (χ1) is 12.2. The van der Waals surface area contributed by atoms with Gasteiger partial charge in [-0.05, 0) is 50.2 Å². The Labute approximate surface area is 148 Å². The zero-order chi connectivity index (χ0) is 17.2. The summed E-state index contributed by atoms with van der Waals surface area (Å²) in [5, 5.41) is 10.7. The smallest absolute Gasteiger partial charge is 0.230 e. The first kappa shape index (κ1) is 15.9. The van der Waals surface area contributed by atoms with E-state index >= 15 is 0 Å². The Kier molecular flexibility index (Phi) is 4.31. The molecule has 1 saturated carbocycles. The van der Waals surface area contributed by atoms with E-state index in [4.69, 9.17) is 4.42 Å². The maximum atomic E-state index is 10.7. The van der Waals surface area contributed by atoms with Crippen LogP contribution in [0.2, 0.25) is 0 Å². The number of nitrogens with one attached hydrogen (secondary N) is 2. The SMILES string of the molecule is Cc1cc(Nc2nc(NC3CCC(N=O)CC3)c3occc3n2)sn1. The highest BCUT2D eigenvalue weighted by molar-refractivity contribution is 7.10. The van der Waals surface area contributed by atoms with E-state index in [-0.39, 0.29) is 12.1 Å². The van der Waals surface area contributed by atoms with Crippen molar-refractivity contribution in [1.82, 2.24) is 14.3 Å². The quantitative estimate of drug-likeness (QED) is 0.658. The van der Waals surface area contributed by atoms with Crippen LogP contribution < -0.4 is 10.6 Å². The second-order valence-electron chi connectivity index (χ2n) is 6.24. The molecule has 0 aromatic carbocycles. The van der Waals surface area contributed by atoms with Crippen LogP contribution >= 0.6 is 11.5 Å². The monoisotopic (exact) mass is 358 g/mol. The van der Waals surface area contributed by atoms with Crippen LogP contribution in [0.15, 0.2) is 28.0 Å². The van der Waals surface area contributed by atoms with Crippen LogP contribution in [0.3, 0.4) is 0 Å². The average Bonchev–Trinajstić information content (AvgIpc) is 3.24. The topological polar surface area (TPSA) is 105 Å². The number of rotatable bonds is 5. The molecule has 0 unspecified atom stereocenters. The standard InChI is InChI=1S/C16H18N6O2S/c1-9-8-13(25-22-9)19-16-18-12-6-7-24-14(12)15(20-16)17-10-2-4-11(21-23)5-3-10/h6-8,10-11H,2-5H2,1H3,(H2,17,18,19,20). The summed E-state index contributed by atoms with van der Waals surface area (Å²) in [7, 11) is 0. The van der Waals surface area contributed by atoms with E-state index in [1.807, 2.05) is 19.1 Å². The molecule has 25 heavy (non-hydrogen) atoms. The van der Waals surface area contributed by atoms with Gasteiger partial charge in [0, 0.05) is 12.1 Å². The molecule has 0 spiro atoms. The summed E-state index contributed by atoms with van der Waals surface area (Å²) in [4.78, 5) is 19.7. The van der Waals surface area contributed by atoms with Gasteiger partial charge in [-0.3, -0.25) is 0 Å². The second-order valence-corrected chi connectivity index (χ2v) is 7.05. The summed E-state index contributed by atoms with van der Waals surface area (Å²) in [5.41, 5.74) is 2.34. The highest BCUT2D eigenvalue weighted by Gasteiger charge is 2.23. The lowest BCUT2D eigenvalue weighted by molar-refractivity contribution is 0.410. The zero-order valence-corrected chi connectivity index (χ0v) is 14.5. The van der Waals surface area contributed by atoms with Crippen LogP contribution in [0.5, 0.6) is 0 Å². The third kappa shape index (κ3) is 3.46. The lowest BCUT2D eigenvalue weighted by Gasteiger charge is -2.25. The highest BCUT2D eigenvalue weighted by atomic mass is 32.1. The maximum absolute atomic E-state index is 10.7. The van der Waals surface area contributed by atoms with E-state index in [9.17, 15) is 4.91 Å². The first-order valence-corrected chi connectivity index (χ1v) is 9.03. The molecular formula is C16H18N6O2S. The first-order valence-electron chi connectivity index (χ1n) is 8.26. The molecule has 1 aliphatic rings. The lowest BCUT2D eigenvalue weighted by Crippen LogP contribution is -2.28. The van der Waals surface area contributed by atoms with Crippen LogP contribution in [-0.4, -0.2) is 26.4 Å². The summed E-state index contributed by atoms with van der Waals surface area (Å²) in [6, 6.07) is 3.96. The fourth-order valence-electron chi connectivity index (χ4n) is 3.07. The van der Waals surface area contributed by atoms with Gasteiger partial charge in [0.25, 0.3) is 0 Å². The number of nitroso groups, excluding NO2 is 1. The summed E-state index contributed by atoms with van der Waals surface area (Å²) in [6.45, 7) is 1.94. The number of hydrogen-bond donors (Lipinski definition) is 2. The largest absolute Gasteiger partial charge is 0.459 e. The number of anilines is 3. The van der Waals surface area contributed by atoms with Crippen molar-refractivity contribution in [2.24, 2.45) is 5.18 Å². The maximum Gasteiger partial charge on any atom is 0.230 e. The Bertz CT molecular complexity index is 884. The number of nitrogens with zero attached hydrogens (tertiary/aromatic N) is 4. The van der Waals surface area contributed by atoms with E-state index < -0.39 is 0 Å². The molecule has 130 valence electrons. The van der Waals surface area contributed by atoms with E-state index in [2.05, 4.69) is 30.2 Å². The molecule has 3 aromatic rings. The third-order valence-electron chi connectivity index (χ3n) is 4.35. The molecule has 2 N–H and O–H groups in total. The molecule has 1 aliphatic carbocycles. The minimum absolute atomic E-state index is 0.0566. The predicted molar refractivity (Wildman–Crippen MR) is 97.4 cm³/mol. The summed E-state index contributed by atoms with van der Waals surface area (Å²) < 4.78 is 9.80. The lowest BCUT2D eigenvalue weighted by atomic mass is 9.92. The van der Waals surface area contributed by atoms with Crippen molar-refractivity contribution in [3.05, 3.63) is 29.0 Å². The van der Waals surface area contributed by atoms with Crippen molar-refractivity contribution in [3.63, 3.8) is 0 Å². The van der Waals surface area contributed by atoms with Crippen molar-refractivity contribution < 1.29 is 4.42 Å². The molecule has 0 atom stereocenters. The number of fused-ring (bicyclic) bond motifs is 1. The molecule has 3 heterocycles. The highest BCUT2D eigenvalue weighted by Crippen LogP contribution is 2.29. The predicted octanol–water partition coefficient (Wildman–Crippen LogP) is 4.22. The number of aryl methyl sites for hydroxylation is 1. The van der Waals surface area contributed by atoms with Crippen LogP contribution in [0, 0.1) is 11.8 Å².